The molecule has 13 aromatic rings. The molecule has 0 amide bonds. The summed E-state index contributed by atoms with van der Waals surface area (Å²) in [6.45, 7) is 0. The second kappa shape index (κ2) is 13.3. The lowest BCUT2D eigenvalue weighted by molar-refractivity contribution is 1.02. The van der Waals surface area contributed by atoms with Crippen LogP contribution >= 0.6 is 11.3 Å². The molecule has 0 aliphatic heterocycles. The standard InChI is InChI=1S/C55H33N5S/c1-3-14-36(15-4-1)49-33-45-54(61-49)52(37-16-5-2-6-17-37)58-55(57-45)60-46-26-24-38(32-44(46)43-25-22-35-13-8-10-19-42(35)53(43)60)41-20-11-21-47-51(41)50-40-18-9-7-12-34(40)23-27-48(50)59(47)39-28-30-56-31-29-39/h1-33H. The van der Waals surface area contributed by atoms with Crippen molar-refractivity contribution in [2.75, 3.05) is 0 Å². The zero-order valence-corrected chi connectivity index (χ0v) is 33.5. The van der Waals surface area contributed by atoms with Gasteiger partial charge in [-0.3, -0.25) is 9.55 Å². The molecule has 5 nitrogen and oxygen atoms in total. The van der Waals surface area contributed by atoms with Gasteiger partial charge in [-0.25, -0.2) is 9.97 Å². The van der Waals surface area contributed by atoms with Gasteiger partial charge in [0.25, 0.3) is 0 Å². The average molecular weight is 796 g/mol. The van der Waals surface area contributed by atoms with Crippen LogP contribution in [0.1, 0.15) is 0 Å². The van der Waals surface area contributed by atoms with E-state index in [2.05, 4.69) is 202 Å². The average Bonchev–Trinajstić information content (AvgIpc) is 4.02. The highest BCUT2D eigenvalue weighted by Crippen LogP contribution is 2.45. The van der Waals surface area contributed by atoms with Gasteiger partial charge in [0, 0.05) is 55.5 Å². The van der Waals surface area contributed by atoms with Crippen LogP contribution in [-0.2, 0) is 0 Å². The molecule has 0 N–H and O–H groups in total. The Morgan fingerprint density at radius 3 is 1.93 bits per heavy atom. The number of benzene rings is 8. The van der Waals surface area contributed by atoms with Crippen LogP contribution in [0.15, 0.2) is 200 Å². The fraction of sp³-hybridized carbons (Fsp3) is 0. The smallest absolute Gasteiger partial charge is 0.235 e. The lowest BCUT2D eigenvalue weighted by atomic mass is 9.95. The van der Waals surface area contributed by atoms with E-state index in [1.165, 1.54) is 48.5 Å². The van der Waals surface area contributed by atoms with Gasteiger partial charge in [-0.1, -0.05) is 146 Å². The second-order valence-electron chi connectivity index (χ2n) is 15.6. The van der Waals surface area contributed by atoms with Gasteiger partial charge in [-0.05, 0) is 75.3 Å². The summed E-state index contributed by atoms with van der Waals surface area (Å²) >= 11 is 1.75. The Labute approximate surface area is 354 Å². The van der Waals surface area contributed by atoms with Gasteiger partial charge in [0.15, 0.2) is 0 Å². The molecule has 0 saturated heterocycles. The van der Waals surface area contributed by atoms with E-state index in [4.69, 9.17) is 9.97 Å². The highest BCUT2D eigenvalue weighted by molar-refractivity contribution is 7.22. The highest BCUT2D eigenvalue weighted by Gasteiger charge is 2.23. The predicted octanol–water partition coefficient (Wildman–Crippen LogP) is 14.6. The fourth-order valence-electron chi connectivity index (χ4n) is 9.55. The molecule has 0 saturated carbocycles. The molecule has 0 aliphatic carbocycles. The van der Waals surface area contributed by atoms with E-state index in [1.807, 2.05) is 12.4 Å². The summed E-state index contributed by atoms with van der Waals surface area (Å²) in [4.78, 5) is 16.4. The van der Waals surface area contributed by atoms with Gasteiger partial charge in [0.2, 0.25) is 5.95 Å². The molecule has 8 aromatic carbocycles. The van der Waals surface area contributed by atoms with Gasteiger partial charge < -0.3 is 4.57 Å². The Morgan fingerprint density at radius 2 is 1.11 bits per heavy atom. The number of pyridine rings is 1. The van der Waals surface area contributed by atoms with Gasteiger partial charge in [0.05, 0.1) is 38.0 Å². The maximum atomic E-state index is 5.50. The van der Waals surface area contributed by atoms with Crippen molar-refractivity contribution in [3.63, 3.8) is 0 Å². The summed E-state index contributed by atoms with van der Waals surface area (Å²) < 4.78 is 5.75. The van der Waals surface area contributed by atoms with Crippen molar-refractivity contribution in [1.82, 2.24) is 24.1 Å². The molecular formula is C55H33N5S. The lowest BCUT2D eigenvalue weighted by Gasteiger charge is -2.11. The molecule has 0 atom stereocenters. The summed E-state index contributed by atoms with van der Waals surface area (Å²) in [5.74, 6) is 0.655. The van der Waals surface area contributed by atoms with Crippen molar-refractivity contribution in [3.05, 3.63) is 200 Å². The van der Waals surface area contributed by atoms with E-state index in [9.17, 15) is 0 Å². The molecule has 0 aliphatic rings. The maximum absolute atomic E-state index is 5.50. The molecular weight excluding hydrogens is 763 g/mol. The van der Waals surface area contributed by atoms with Crippen LogP contribution in [0.25, 0.3) is 120 Å². The molecule has 0 unspecified atom stereocenters. The number of hydrogen-bond acceptors (Lipinski definition) is 4. The number of thiophene rings is 1. The van der Waals surface area contributed by atoms with Gasteiger partial charge in [0.1, 0.15) is 0 Å². The summed E-state index contributed by atoms with van der Waals surface area (Å²) in [6, 6.07) is 67.6. The maximum Gasteiger partial charge on any atom is 0.235 e. The Bertz CT molecular complexity index is 3860. The summed E-state index contributed by atoms with van der Waals surface area (Å²) in [5, 5.41) is 9.57. The normalized spacial score (nSPS) is 11.9. The van der Waals surface area contributed by atoms with Crippen molar-refractivity contribution in [2.24, 2.45) is 0 Å². The van der Waals surface area contributed by atoms with Crippen LogP contribution < -0.4 is 0 Å². The van der Waals surface area contributed by atoms with Crippen LogP contribution in [-0.4, -0.2) is 24.1 Å². The predicted molar refractivity (Wildman–Crippen MR) is 255 cm³/mol. The minimum Gasteiger partial charge on any atom is -0.309 e. The van der Waals surface area contributed by atoms with E-state index in [1.54, 1.807) is 11.3 Å². The van der Waals surface area contributed by atoms with E-state index < -0.39 is 0 Å². The fourth-order valence-corrected chi connectivity index (χ4v) is 10.7. The van der Waals surface area contributed by atoms with Gasteiger partial charge >= 0.3 is 0 Å². The van der Waals surface area contributed by atoms with Crippen molar-refractivity contribution in [2.45, 2.75) is 0 Å². The van der Waals surface area contributed by atoms with Crippen molar-refractivity contribution in [3.8, 4) is 44.5 Å². The van der Waals surface area contributed by atoms with Crippen LogP contribution in [0.4, 0.5) is 0 Å². The third-order valence-corrected chi connectivity index (χ3v) is 13.4. The van der Waals surface area contributed by atoms with E-state index in [-0.39, 0.29) is 0 Å². The third kappa shape index (κ3) is 5.16. The lowest BCUT2D eigenvalue weighted by Crippen LogP contribution is -2.03. The first-order valence-electron chi connectivity index (χ1n) is 20.5. The Kier molecular flexibility index (Phi) is 7.41. The molecule has 0 fully saturated rings. The zero-order chi connectivity index (χ0) is 40.0. The molecule has 6 heteroatoms. The molecule has 5 heterocycles. The first kappa shape index (κ1) is 34.0. The van der Waals surface area contributed by atoms with Crippen molar-refractivity contribution < 1.29 is 0 Å². The van der Waals surface area contributed by atoms with E-state index >= 15 is 0 Å². The topological polar surface area (TPSA) is 48.5 Å². The molecule has 0 spiro atoms. The molecule has 0 bridgehead atoms. The molecule has 5 aromatic heterocycles. The highest BCUT2D eigenvalue weighted by atomic mass is 32.1. The largest absolute Gasteiger partial charge is 0.309 e. The number of hydrogen-bond donors (Lipinski definition) is 0. The summed E-state index contributed by atoms with van der Waals surface area (Å²) in [7, 11) is 0. The van der Waals surface area contributed by atoms with Crippen molar-refractivity contribution in [1.29, 1.82) is 0 Å². The minimum absolute atomic E-state index is 0.655. The quantitative estimate of drug-likeness (QED) is 0.174. The van der Waals surface area contributed by atoms with Gasteiger partial charge in [-0.2, -0.15) is 0 Å². The Hall–Kier alpha value is -7.93. The van der Waals surface area contributed by atoms with Gasteiger partial charge in [-0.15, -0.1) is 11.3 Å². The second-order valence-corrected chi connectivity index (χ2v) is 16.7. The monoisotopic (exact) mass is 795 g/mol. The molecule has 61 heavy (non-hydrogen) atoms. The zero-order valence-electron chi connectivity index (χ0n) is 32.7. The first-order chi connectivity index (χ1) is 30.3. The van der Waals surface area contributed by atoms with Crippen LogP contribution in [0.3, 0.4) is 0 Å². The molecule has 0 radical (unpaired) electrons. The number of aromatic nitrogens is 5. The molecule has 13 rings (SSSR count). The van der Waals surface area contributed by atoms with Crippen molar-refractivity contribution >= 4 is 86.7 Å². The van der Waals surface area contributed by atoms with E-state index in [0.29, 0.717) is 5.95 Å². The van der Waals surface area contributed by atoms with Crippen LogP contribution in [0.5, 0.6) is 0 Å². The number of nitrogens with zero attached hydrogens (tertiary/aromatic N) is 5. The number of fused-ring (bicyclic) bond motifs is 11. The first-order valence-corrected chi connectivity index (χ1v) is 21.3. The minimum atomic E-state index is 0.655. The van der Waals surface area contributed by atoms with Crippen LogP contribution in [0.2, 0.25) is 0 Å². The molecule has 284 valence electrons. The Morgan fingerprint density at radius 1 is 0.426 bits per heavy atom. The van der Waals surface area contributed by atoms with E-state index in [0.717, 1.165) is 65.4 Å². The Balaban J connectivity index is 1.11. The SMILES string of the molecule is c1ccc(-c2cc3nc(-n4c5ccc(-c6cccc7c6c6c8ccccc8ccc6n7-c6ccncc6)cc5c5ccc6ccccc6c54)nc(-c4ccccc4)c3s2)cc1. The number of rotatable bonds is 5. The van der Waals surface area contributed by atoms with Crippen LogP contribution in [0, 0.1) is 0 Å². The third-order valence-electron chi connectivity index (χ3n) is 12.2. The summed E-state index contributed by atoms with van der Waals surface area (Å²) in [5.41, 5.74) is 12.0. The summed E-state index contributed by atoms with van der Waals surface area (Å²) in [6.07, 6.45) is 3.74.